The number of halogens is 1. The quantitative estimate of drug-likeness (QED) is 0.859. The van der Waals surface area contributed by atoms with Gasteiger partial charge < -0.3 is 4.74 Å². The Morgan fingerprint density at radius 1 is 1.47 bits per heavy atom. The summed E-state index contributed by atoms with van der Waals surface area (Å²) >= 11 is 5.73. The van der Waals surface area contributed by atoms with Crippen molar-refractivity contribution in [2.45, 2.75) is 6.42 Å². The zero-order valence-corrected chi connectivity index (χ0v) is 11.0. The first kappa shape index (κ1) is 12.4. The predicted octanol–water partition coefficient (Wildman–Crippen LogP) is 3.43. The fourth-order valence-corrected chi connectivity index (χ4v) is 2.65. The monoisotopic (exact) mass is 269 g/mol. The molecule has 2 nitrogen and oxygen atoms in total. The average Bonchev–Trinajstić information content (AvgIpc) is 2.78. The first-order valence-electron chi connectivity index (χ1n) is 5.13. The molecule has 1 aromatic carbocycles. The van der Waals surface area contributed by atoms with Crippen LogP contribution in [0.25, 0.3) is 11.3 Å². The normalized spacial score (nSPS) is 10.5. The van der Waals surface area contributed by atoms with Gasteiger partial charge in [-0.1, -0.05) is 0 Å². The van der Waals surface area contributed by atoms with E-state index in [2.05, 4.69) is 17.6 Å². The maximum atomic E-state index is 13.5. The third kappa shape index (κ3) is 2.79. The van der Waals surface area contributed by atoms with E-state index in [0.717, 1.165) is 28.4 Å². The lowest BCUT2D eigenvalue weighted by Gasteiger charge is -2.02. The lowest BCUT2D eigenvalue weighted by Crippen LogP contribution is -1.89. The molecule has 0 aliphatic rings. The Morgan fingerprint density at radius 2 is 2.29 bits per heavy atom. The van der Waals surface area contributed by atoms with Crippen molar-refractivity contribution in [2.75, 3.05) is 12.9 Å². The molecule has 0 aliphatic heterocycles. The van der Waals surface area contributed by atoms with Crippen LogP contribution in [0.2, 0.25) is 0 Å². The van der Waals surface area contributed by atoms with Gasteiger partial charge in [0.25, 0.3) is 0 Å². The Bertz CT molecular complexity index is 513. The van der Waals surface area contributed by atoms with Crippen molar-refractivity contribution in [1.29, 1.82) is 0 Å². The molecule has 0 amide bonds. The number of thiazole rings is 1. The van der Waals surface area contributed by atoms with Crippen molar-refractivity contribution in [3.05, 3.63) is 34.4 Å². The summed E-state index contributed by atoms with van der Waals surface area (Å²) in [6.45, 7) is 0. The minimum absolute atomic E-state index is 0.250. The van der Waals surface area contributed by atoms with Gasteiger partial charge in [-0.3, -0.25) is 0 Å². The zero-order chi connectivity index (χ0) is 12.3. The summed E-state index contributed by atoms with van der Waals surface area (Å²) in [7, 11) is 1.45. The summed E-state index contributed by atoms with van der Waals surface area (Å²) in [5.74, 6) is 0.650. The minimum Gasteiger partial charge on any atom is -0.494 e. The molecule has 0 spiro atoms. The van der Waals surface area contributed by atoms with Crippen molar-refractivity contribution in [3.63, 3.8) is 0 Å². The molecule has 17 heavy (non-hydrogen) atoms. The number of hydrogen-bond donors (Lipinski definition) is 1. The molecule has 1 heterocycles. The molecule has 2 rings (SSSR count). The number of hydrogen-bond acceptors (Lipinski definition) is 4. The van der Waals surface area contributed by atoms with Gasteiger partial charge in [0.15, 0.2) is 11.6 Å². The van der Waals surface area contributed by atoms with Crippen LogP contribution in [0.3, 0.4) is 0 Å². The van der Waals surface area contributed by atoms with Crippen molar-refractivity contribution >= 4 is 24.0 Å². The highest BCUT2D eigenvalue weighted by Crippen LogP contribution is 2.26. The predicted molar refractivity (Wildman–Crippen MR) is 71.6 cm³/mol. The van der Waals surface area contributed by atoms with Crippen LogP contribution in [0.15, 0.2) is 23.6 Å². The Hall–Kier alpha value is -1.07. The second-order valence-electron chi connectivity index (χ2n) is 3.45. The summed E-state index contributed by atoms with van der Waals surface area (Å²) in [6.07, 6.45) is 0.840. The third-order valence-corrected chi connectivity index (χ3v) is 3.46. The van der Waals surface area contributed by atoms with Crippen molar-refractivity contribution in [1.82, 2.24) is 4.98 Å². The molecule has 0 unspecified atom stereocenters. The molecule has 0 N–H and O–H groups in total. The maximum Gasteiger partial charge on any atom is 0.165 e. The Kier molecular flexibility index (Phi) is 4.02. The lowest BCUT2D eigenvalue weighted by atomic mass is 10.1. The van der Waals surface area contributed by atoms with E-state index in [-0.39, 0.29) is 11.6 Å². The van der Waals surface area contributed by atoms with E-state index in [9.17, 15) is 4.39 Å². The molecule has 5 heteroatoms. The minimum atomic E-state index is -0.367. The molecule has 0 atom stereocenters. The number of methoxy groups -OCH3 is 1. The summed E-state index contributed by atoms with van der Waals surface area (Å²) in [5.41, 5.74) is 1.57. The Labute approximate surface area is 109 Å². The van der Waals surface area contributed by atoms with E-state index in [0.29, 0.717) is 0 Å². The Balaban J connectivity index is 2.29. The Morgan fingerprint density at radius 3 is 2.94 bits per heavy atom. The van der Waals surface area contributed by atoms with Crippen LogP contribution in [0, 0.1) is 5.82 Å². The van der Waals surface area contributed by atoms with Gasteiger partial charge in [-0.2, -0.15) is 12.6 Å². The average molecular weight is 269 g/mol. The first-order valence-corrected chi connectivity index (χ1v) is 6.65. The number of aryl methyl sites for hydroxylation is 1. The topological polar surface area (TPSA) is 22.1 Å². The van der Waals surface area contributed by atoms with Crippen molar-refractivity contribution < 1.29 is 9.13 Å². The van der Waals surface area contributed by atoms with E-state index in [1.165, 1.54) is 13.2 Å². The maximum absolute atomic E-state index is 13.5. The molecule has 0 bridgehead atoms. The van der Waals surface area contributed by atoms with Crippen LogP contribution in [0.5, 0.6) is 5.75 Å². The van der Waals surface area contributed by atoms with Gasteiger partial charge in [-0.15, -0.1) is 11.3 Å². The van der Waals surface area contributed by atoms with Crippen LogP contribution < -0.4 is 4.74 Å². The molecule has 1 aromatic heterocycles. The lowest BCUT2D eigenvalue weighted by molar-refractivity contribution is 0.386. The van der Waals surface area contributed by atoms with Crippen LogP contribution in [-0.4, -0.2) is 17.8 Å². The van der Waals surface area contributed by atoms with Gasteiger partial charge in [0.2, 0.25) is 0 Å². The van der Waals surface area contributed by atoms with E-state index >= 15 is 0 Å². The van der Waals surface area contributed by atoms with E-state index in [1.54, 1.807) is 23.5 Å². The highest BCUT2D eigenvalue weighted by molar-refractivity contribution is 7.80. The van der Waals surface area contributed by atoms with E-state index < -0.39 is 0 Å². The number of rotatable bonds is 4. The summed E-state index contributed by atoms with van der Waals surface area (Å²) in [4.78, 5) is 4.43. The molecule has 0 saturated heterocycles. The van der Waals surface area contributed by atoms with Gasteiger partial charge in [-0.05, 0) is 24.0 Å². The first-order chi connectivity index (χ1) is 8.24. The summed E-state index contributed by atoms with van der Waals surface area (Å²) < 4.78 is 18.4. The van der Waals surface area contributed by atoms with Crippen LogP contribution in [-0.2, 0) is 6.42 Å². The van der Waals surface area contributed by atoms with Crippen LogP contribution in [0.4, 0.5) is 4.39 Å². The fourth-order valence-electron chi connectivity index (χ4n) is 1.48. The molecule has 0 fully saturated rings. The van der Waals surface area contributed by atoms with Gasteiger partial charge in [0, 0.05) is 17.4 Å². The molecule has 0 radical (unpaired) electrons. The highest BCUT2D eigenvalue weighted by atomic mass is 32.1. The standard InChI is InChI=1S/C12H12FNOS2/c1-15-11-3-2-8(6-9(11)13)10-7-17-12(14-10)4-5-16/h2-3,6-7,16H,4-5H2,1H3. The molecule has 2 aromatic rings. The number of ether oxygens (including phenoxy) is 1. The van der Waals surface area contributed by atoms with Gasteiger partial charge in [-0.25, -0.2) is 9.37 Å². The third-order valence-electron chi connectivity index (χ3n) is 2.32. The van der Waals surface area contributed by atoms with Gasteiger partial charge in [0.05, 0.1) is 17.8 Å². The van der Waals surface area contributed by atoms with Gasteiger partial charge in [0.1, 0.15) is 0 Å². The summed E-state index contributed by atoms with van der Waals surface area (Å²) in [5, 5.41) is 2.95. The molecular formula is C12H12FNOS2. The largest absolute Gasteiger partial charge is 0.494 e. The van der Waals surface area contributed by atoms with Crippen molar-refractivity contribution in [3.8, 4) is 17.0 Å². The highest BCUT2D eigenvalue weighted by Gasteiger charge is 2.08. The number of nitrogens with zero attached hydrogens (tertiary/aromatic N) is 1. The van der Waals surface area contributed by atoms with Gasteiger partial charge >= 0.3 is 0 Å². The fraction of sp³-hybridized carbons (Fsp3) is 0.250. The SMILES string of the molecule is COc1ccc(-c2csc(CCS)n2)cc1F. The number of benzene rings is 1. The molecular weight excluding hydrogens is 257 g/mol. The molecule has 0 aliphatic carbocycles. The van der Waals surface area contributed by atoms with E-state index in [1.807, 2.05) is 5.38 Å². The van der Waals surface area contributed by atoms with Crippen LogP contribution >= 0.6 is 24.0 Å². The molecule has 0 saturated carbocycles. The summed E-state index contributed by atoms with van der Waals surface area (Å²) in [6, 6.07) is 4.86. The second kappa shape index (κ2) is 5.51. The zero-order valence-electron chi connectivity index (χ0n) is 9.31. The van der Waals surface area contributed by atoms with Crippen molar-refractivity contribution in [2.24, 2.45) is 0 Å². The molecule has 90 valence electrons. The smallest absolute Gasteiger partial charge is 0.165 e. The number of aromatic nitrogens is 1. The second-order valence-corrected chi connectivity index (χ2v) is 4.84. The number of thiol groups is 1. The van der Waals surface area contributed by atoms with E-state index in [4.69, 9.17) is 4.74 Å². The van der Waals surface area contributed by atoms with Crippen LogP contribution in [0.1, 0.15) is 5.01 Å².